The Labute approximate surface area is 305 Å². The second kappa shape index (κ2) is 21.4. The fraction of sp³-hybridized carbons (Fsp3) is 0.737. The first-order valence-corrected chi connectivity index (χ1v) is 18.4. The number of benzene rings is 1. The number of carbonyl (C=O) groups is 4. The number of aliphatic hydroxyl groups excluding tert-OH is 2. The van der Waals surface area contributed by atoms with Crippen LogP contribution in [0.4, 0.5) is 0 Å². The normalized spacial score (nSPS) is 20.0. The van der Waals surface area contributed by atoms with Gasteiger partial charge in [0.15, 0.2) is 0 Å². The van der Waals surface area contributed by atoms with E-state index in [1.807, 2.05) is 45.9 Å². The SMILES string of the molecule is CC[C@H](C)[C@@H]([C@@H](CC(=O)N1CCC[C@H]1[C@H](OC)[C@@H](C)C(=O)NC[C@@H](O)c1ccccc1)OC)N(C)C(=O)[C@@H](NC(=O)[C@@H](NC)C(C)C)C(C)CO. The van der Waals surface area contributed by atoms with Gasteiger partial charge in [0.25, 0.3) is 0 Å². The maximum absolute atomic E-state index is 14.1. The van der Waals surface area contributed by atoms with Gasteiger partial charge in [-0.3, -0.25) is 19.2 Å². The van der Waals surface area contributed by atoms with Gasteiger partial charge in [-0.25, -0.2) is 0 Å². The summed E-state index contributed by atoms with van der Waals surface area (Å²) in [5.41, 5.74) is 0.703. The molecule has 1 aromatic carbocycles. The van der Waals surface area contributed by atoms with Crippen molar-refractivity contribution < 1.29 is 38.9 Å². The van der Waals surface area contributed by atoms with Crippen molar-refractivity contribution in [2.45, 2.75) is 110 Å². The number of ether oxygens (including phenoxy) is 2. The van der Waals surface area contributed by atoms with E-state index in [1.54, 1.807) is 49.9 Å². The van der Waals surface area contributed by atoms with Crippen molar-refractivity contribution in [2.75, 3.05) is 48.0 Å². The van der Waals surface area contributed by atoms with Crippen molar-refractivity contribution >= 4 is 23.6 Å². The molecule has 0 aliphatic carbocycles. The molecule has 0 saturated carbocycles. The Morgan fingerprint density at radius 1 is 0.980 bits per heavy atom. The molecule has 1 heterocycles. The van der Waals surface area contributed by atoms with Crippen LogP contribution >= 0.6 is 0 Å². The smallest absolute Gasteiger partial charge is 0.245 e. The first-order chi connectivity index (χ1) is 24.2. The lowest BCUT2D eigenvalue weighted by atomic mass is 9.89. The van der Waals surface area contributed by atoms with Crippen LogP contribution in [-0.4, -0.2) is 128 Å². The van der Waals surface area contributed by atoms with E-state index in [2.05, 4.69) is 16.0 Å². The number of likely N-dealkylation sites (tertiary alicyclic amines) is 1. The number of carbonyl (C=O) groups excluding carboxylic acids is 4. The van der Waals surface area contributed by atoms with Crippen LogP contribution in [0.3, 0.4) is 0 Å². The van der Waals surface area contributed by atoms with Crippen LogP contribution in [0.2, 0.25) is 0 Å². The second-order valence-corrected chi connectivity index (χ2v) is 14.4. The van der Waals surface area contributed by atoms with Crippen LogP contribution in [0, 0.1) is 23.7 Å². The van der Waals surface area contributed by atoms with Crippen molar-refractivity contribution in [3.8, 4) is 0 Å². The Morgan fingerprint density at radius 2 is 1.63 bits per heavy atom. The largest absolute Gasteiger partial charge is 0.396 e. The van der Waals surface area contributed by atoms with Gasteiger partial charge in [0, 0.05) is 46.9 Å². The van der Waals surface area contributed by atoms with Gasteiger partial charge < -0.3 is 45.4 Å². The number of amides is 4. The Kier molecular flexibility index (Phi) is 18.5. The van der Waals surface area contributed by atoms with Crippen molar-refractivity contribution in [3.63, 3.8) is 0 Å². The van der Waals surface area contributed by atoms with E-state index in [0.717, 1.165) is 6.42 Å². The second-order valence-electron chi connectivity index (χ2n) is 14.4. The van der Waals surface area contributed by atoms with E-state index in [1.165, 1.54) is 14.2 Å². The predicted octanol–water partition coefficient (Wildman–Crippen LogP) is 2.11. The summed E-state index contributed by atoms with van der Waals surface area (Å²) in [6, 6.07) is 6.72. The minimum absolute atomic E-state index is 0.0122. The molecule has 1 aromatic rings. The van der Waals surface area contributed by atoms with Crippen LogP contribution in [0.5, 0.6) is 0 Å². The van der Waals surface area contributed by atoms with Gasteiger partial charge in [0.05, 0.1) is 48.8 Å². The molecule has 0 radical (unpaired) electrons. The number of hydrogen-bond donors (Lipinski definition) is 5. The predicted molar refractivity (Wildman–Crippen MR) is 196 cm³/mol. The minimum atomic E-state index is -0.992. The van der Waals surface area contributed by atoms with Crippen molar-refractivity contribution in [3.05, 3.63) is 35.9 Å². The molecule has 1 fully saturated rings. The summed E-state index contributed by atoms with van der Waals surface area (Å²) >= 11 is 0. The summed E-state index contributed by atoms with van der Waals surface area (Å²) in [5.74, 6) is -2.43. The zero-order chi connectivity index (χ0) is 38.4. The Hall–Kier alpha value is -3.10. The third kappa shape index (κ3) is 11.7. The standard InChI is InChI=1S/C38H65N5O8/c1-11-24(4)34(42(8)38(49)33(25(5)22-44)41-37(48)32(39-7)23(2)3)30(50-9)20-31(46)43-19-15-18-28(43)35(51-10)26(6)36(47)40-21-29(45)27-16-13-12-14-17-27/h12-14,16-17,23-26,28-30,32-35,39,44-45H,11,15,18-22H2,1-10H3,(H,40,47)(H,41,48)/t24-,25?,26+,28-,29+,30+,32-,33-,34-,35+/m0/s1. The quantitative estimate of drug-likeness (QED) is 0.128. The molecule has 1 unspecified atom stereocenters. The summed E-state index contributed by atoms with van der Waals surface area (Å²) in [6.45, 7) is 11.5. The Morgan fingerprint density at radius 3 is 2.16 bits per heavy atom. The molecule has 290 valence electrons. The Bertz CT molecular complexity index is 1240. The number of hydrogen-bond acceptors (Lipinski definition) is 9. The maximum Gasteiger partial charge on any atom is 0.245 e. The van der Waals surface area contributed by atoms with E-state index in [4.69, 9.17) is 9.47 Å². The Balaban J connectivity index is 2.24. The van der Waals surface area contributed by atoms with Crippen LogP contribution in [0.1, 0.15) is 78.9 Å². The van der Waals surface area contributed by atoms with Gasteiger partial charge in [-0.1, -0.05) is 78.3 Å². The first-order valence-electron chi connectivity index (χ1n) is 18.4. The lowest BCUT2D eigenvalue weighted by molar-refractivity contribution is -0.148. The van der Waals surface area contributed by atoms with Crippen molar-refractivity contribution in [2.24, 2.45) is 23.7 Å². The summed E-state index contributed by atoms with van der Waals surface area (Å²) in [5, 5.41) is 29.3. The van der Waals surface area contributed by atoms with E-state index in [0.29, 0.717) is 24.9 Å². The van der Waals surface area contributed by atoms with Crippen LogP contribution < -0.4 is 16.0 Å². The number of aliphatic hydroxyl groups is 2. The third-order valence-corrected chi connectivity index (χ3v) is 10.6. The monoisotopic (exact) mass is 719 g/mol. The molecule has 51 heavy (non-hydrogen) atoms. The molecule has 1 aliphatic rings. The number of rotatable bonds is 21. The van der Waals surface area contributed by atoms with Gasteiger partial charge in [0.2, 0.25) is 23.6 Å². The summed E-state index contributed by atoms with van der Waals surface area (Å²) < 4.78 is 11.8. The molecule has 5 N–H and O–H groups in total. The highest BCUT2D eigenvalue weighted by molar-refractivity contribution is 5.90. The molecule has 13 nitrogen and oxygen atoms in total. The molecule has 10 atom stereocenters. The highest BCUT2D eigenvalue weighted by Crippen LogP contribution is 2.29. The van der Waals surface area contributed by atoms with E-state index in [-0.39, 0.29) is 61.1 Å². The van der Waals surface area contributed by atoms with E-state index < -0.39 is 48.3 Å². The summed E-state index contributed by atoms with van der Waals surface area (Å²) in [4.78, 5) is 58.0. The first kappa shape index (κ1) is 44.1. The molecule has 1 saturated heterocycles. The van der Waals surface area contributed by atoms with E-state index >= 15 is 0 Å². The number of nitrogens with zero attached hydrogens (tertiary/aromatic N) is 2. The van der Waals surface area contributed by atoms with Gasteiger partial charge in [-0.15, -0.1) is 0 Å². The minimum Gasteiger partial charge on any atom is -0.396 e. The fourth-order valence-electron chi connectivity index (χ4n) is 7.24. The molecule has 4 amide bonds. The zero-order valence-corrected chi connectivity index (χ0v) is 32.4. The highest BCUT2D eigenvalue weighted by atomic mass is 16.5. The fourth-order valence-corrected chi connectivity index (χ4v) is 7.24. The molecule has 13 heteroatoms. The molecular weight excluding hydrogens is 654 g/mol. The number of nitrogens with one attached hydrogen (secondary N) is 3. The van der Waals surface area contributed by atoms with Crippen molar-refractivity contribution in [1.29, 1.82) is 0 Å². The van der Waals surface area contributed by atoms with Crippen molar-refractivity contribution in [1.82, 2.24) is 25.8 Å². The van der Waals surface area contributed by atoms with Gasteiger partial charge in [0.1, 0.15) is 6.04 Å². The van der Waals surface area contributed by atoms with Gasteiger partial charge in [-0.05, 0) is 37.3 Å². The lowest BCUT2D eigenvalue weighted by Gasteiger charge is -2.41. The van der Waals surface area contributed by atoms with Crippen LogP contribution in [-0.2, 0) is 28.7 Å². The van der Waals surface area contributed by atoms with Crippen LogP contribution in [0.15, 0.2) is 30.3 Å². The highest BCUT2D eigenvalue weighted by Gasteiger charge is 2.43. The maximum atomic E-state index is 14.1. The molecule has 0 aromatic heterocycles. The van der Waals surface area contributed by atoms with Crippen LogP contribution in [0.25, 0.3) is 0 Å². The molecule has 2 rings (SSSR count). The average Bonchev–Trinajstić information content (AvgIpc) is 3.61. The molecule has 0 spiro atoms. The average molecular weight is 720 g/mol. The molecule has 0 bridgehead atoms. The third-order valence-electron chi connectivity index (χ3n) is 10.6. The summed E-state index contributed by atoms with van der Waals surface area (Å²) in [6.07, 6.45) is -0.0336. The molecular formula is C38H65N5O8. The molecule has 1 aliphatic heterocycles. The number of methoxy groups -OCH3 is 2. The van der Waals surface area contributed by atoms with Gasteiger partial charge in [-0.2, -0.15) is 0 Å². The van der Waals surface area contributed by atoms with Gasteiger partial charge >= 0.3 is 0 Å². The zero-order valence-electron chi connectivity index (χ0n) is 32.4. The number of likely N-dealkylation sites (N-methyl/N-ethyl adjacent to an activating group) is 2. The van der Waals surface area contributed by atoms with E-state index in [9.17, 15) is 29.4 Å². The topological polar surface area (TPSA) is 170 Å². The summed E-state index contributed by atoms with van der Waals surface area (Å²) in [7, 11) is 6.41. The lowest BCUT2D eigenvalue weighted by Crippen LogP contribution is -2.60.